The SMILES string of the molecule is CCC[CH2][Sn]([CH2]CCC)[CH2]CCC.CCC[CH2][Sn]([CH2]CCC)[CH2]CCC.CCC[CH2][Sn]([CH2]CCC)[CH2]CCC.CCC[CH2][Sn]([CH2]CCC)[CH2]CCC.O=C(O)c1cc(C(=O)O)c(C(=O)O)cc1C(=O)O. The van der Waals surface area contributed by atoms with Crippen molar-refractivity contribution in [3.05, 3.63) is 34.4 Å². The smallest absolute Gasteiger partial charge is 0.336 e. The van der Waals surface area contributed by atoms with Crippen molar-refractivity contribution in [2.45, 2.75) is 290 Å². The average Bonchev–Trinajstić information content (AvgIpc) is 3.35. The van der Waals surface area contributed by atoms with Crippen molar-refractivity contribution < 1.29 is 39.6 Å². The van der Waals surface area contributed by atoms with Crippen molar-refractivity contribution in [1.29, 1.82) is 0 Å². The molecule has 0 aliphatic carbocycles. The number of hydrogen-bond acceptors (Lipinski definition) is 4. The third-order valence-electron chi connectivity index (χ3n) is 12.7. The average molecular weight is 1410 g/mol. The van der Waals surface area contributed by atoms with Crippen molar-refractivity contribution in [2.24, 2.45) is 0 Å². The summed E-state index contributed by atoms with van der Waals surface area (Å²) in [5, 5.41) is 35.0. The molecular formula is C58H114O8Sn4. The van der Waals surface area contributed by atoms with Gasteiger partial charge in [0.15, 0.2) is 0 Å². The van der Waals surface area contributed by atoms with Crippen LogP contribution in [0.2, 0.25) is 53.2 Å². The fourth-order valence-electron chi connectivity index (χ4n) is 7.93. The first-order chi connectivity index (χ1) is 33.6. The molecule has 0 fully saturated rings. The molecule has 0 bridgehead atoms. The van der Waals surface area contributed by atoms with Gasteiger partial charge in [0.05, 0.1) is 22.3 Å². The molecule has 0 atom stereocenters. The van der Waals surface area contributed by atoms with E-state index in [1.54, 1.807) is 53.2 Å². The summed E-state index contributed by atoms with van der Waals surface area (Å²) in [7, 11) is 0. The molecule has 0 heterocycles. The fraction of sp³-hybridized carbons (Fsp3) is 0.828. The second-order valence-corrected chi connectivity index (χ2v) is 53.7. The van der Waals surface area contributed by atoms with E-state index < -0.39 is 125 Å². The van der Waals surface area contributed by atoms with Crippen LogP contribution in [0.15, 0.2) is 12.1 Å². The van der Waals surface area contributed by atoms with Crippen LogP contribution in [0, 0.1) is 0 Å². The van der Waals surface area contributed by atoms with E-state index in [0.717, 1.165) is 0 Å². The summed E-state index contributed by atoms with van der Waals surface area (Å²) in [6.07, 6.45) is 35.4. The zero-order chi connectivity index (χ0) is 53.8. The van der Waals surface area contributed by atoms with Crippen molar-refractivity contribution in [3.63, 3.8) is 0 Å². The Bertz CT molecular complexity index is 1080. The Kier molecular flexibility index (Phi) is 64.2. The molecule has 0 amide bonds. The number of hydrogen-bond donors (Lipinski definition) is 4. The van der Waals surface area contributed by atoms with Gasteiger partial charge in [-0.2, -0.15) is 0 Å². The maximum absolute atomic E-state index is 10.8. The standard InChI is InChI=1S/C10H6O8.12C4H9.4Sn/c11-7(12)3-1-4(8(13)14)6(10(17)18)2-5(3)9(15)16;12*1-3-4-2;;;;/h1-2H,(H,11,12)(H,13,14)(H,15,16)(H,17,18);12*1,3-4H2,2H3;;;;. The Morgan fingerprint density at radius 3 is 0.429 bits per heavy atom. The summed E-state index contributed by atoms with van der Waals surface area (Å²) < 4.78 is 20.2. The van der Waals surface area contributed by atoms with E-state index in [1.807, 2.05) is 0 Å². The van der Waals surface area contributed by atoms with Crippen molar-refractivity contribution in [3.8, 4) is 0 Å². The summed E-state index contributed by atoms with van der Waals surface area (Å²) in [5.41, 5.74) is -3.15. The number of benzene rings is 1. The van der Waals surface area contributed by atoms with Crippen LogP contribution in [-0.4, -0.2) is 123 Å². The third-order valence-corrected chi connectivity index (χ3v) is 49.0. The van der Waals surface area contributed by atoms with Gasteiger partial charge in [-0.3, -0.25) is 0 Å². The molecule has 1 aromatic carbocycles. The maximum atomic E-state index is 10.8. The predicted octanol–water partition coefficient (Wildman–Crippen LogP) is 20.0. The third kappa shape index (κ3) is 48.0. The molecule has 8 nitrogen and oxygen atoms in total. The van der Waals surface area contributed by atoms with Gasteiger partial charge in [0, 0.05) is 0 Å². The van der Waals surface area contributed by atoms with Crippen LogP contribution in [0.4, 0.5) is 0 Å². The van der Waals surface area contributed by atoms with Crippen LogP contribution in [0.25, 0.3) is 0 Å². The van der Waals surface area contributed by atoms with Gasteiger partial charge in [0.1, 0.15) is 0 Å². The largest absolute Gasteiger partial charge is 0.478 e. The molecule has 12 heteroatoms. The molecule has 70 heavy (non-hydrogen) atoms. The summed E-state index contributed by atoms with van der Waals surface area (Å²) in [6, 6.07) is 1.02. The van der Waals surface area contributed by atoms with E-state index in [1.165, 1.54) is 154 Å². The monoisotopic (exact) mass is 1420 g/mol. The zero-order valence-electron chi connectivity index (χ0n) is 48.0. The first kappa shape index (κ1) is 76.8. The molecular weight excluding hydrogens is 1300 g/mol. The van der Waals surface area contributed by atoms with E-state index in [-0.39, 0.29) is 0 Å². The molecule has 0 saturated carbocycles. The summed E-state index contributed by atoms with van der Waals surface area (Å²) in [5.74, 6) is -6.64. The number of aromatic carboxylic acids is 4. The van der Waals surface area contributed by atoms with Crippen molar-refractivity contribution in [1.82, 2.24) is 0 Å². The number of carbonyl (C=O) groups is 4. The number of rotatable bonds is 40. The van der Waals surface area contributed by atoms with Crippen LogP contribution < -0.4 is 0 Å². The molecule has 4 radical (unpaired) electrons. The Hall–Kier alpha value is 0.295. The van der Waals surface area contributed by atoms with E-state index in [2.05, 4.69) is 83.1 Å². The topological polar surface area (TPSA) is 149 Å². The summed E-state index contributed by atoms with van der Waals surface area (Å²) in [4.78, 5) is 43.1. The van der Waals surface area contributed by atoms with E-state index in [4.69, 9.17) is 20.4 Å². The Labute approximate surface area is 462 Å². The first-order valence-electron chi connectivity index (χ1n) is 29.1. The van der Waals surface area contributed by atoms with Crippen LogP contribution in [-0.2, 0) is 0 Å². The second-order valence-electron chi connectivity index (χ2n) is 19.4. The van der Waals surface area contributed by atoms with Gasteiger partial charge in [-0.25, -0.2) is 19.2 Å². The number of carboxylic acid groups (broad SMARTS) is 4. The summed E-state index contributed by atoms with van der Waals surface area (Å²) >= 11 is -3.36. The van der Waals surface area contributed by atoms with Gasteiger partial charge >= 0.3 is 393 Å². The van der Waals surface area contributed by atoms with Crippen LogP contribution >= 0.6 is 0 Å². The Balaban J connectivity index is -0.000000392. The quantitative estimate of drug-likeness (QED) is 0.0475. The van der Waals surface area contributed by atoms with Crippen molar-refractivity contribution in [2.75, 3.05) is 0 Å². The zero-order valence-corrected chi connectivity index (χ0v) is 59.4. The molecule has 410 valence electrons. The molecule has 0 aliphatic heterocycles. The van der Waals surface area contributed by atoms with Crippen LogP contribution in [0.1, 0.15) is 279 Å². The molecule has 4 N–H and O–H groups in total. The first-order valence-corrected chi connectivity index (χ1v) is 53.3. The Morgan fingerprint density at radius 1 is 0.257 bits per heavy atom. The minimum absolute atomic E-state index is 0.511. The molecule has 0 unspecified atom stereocenters. The minimum Gasteiger partial charge on any atom is -0.478 e. The van der Waals surface area contributed by atoms with Crippen LogP contribution in [0.3, 0.4) is 0 Å². The van der Waals surface area contributed by atoms with Gasteiger partial charge in [-0.05, 0) is 12.1 Å². The van der Waals surface area contributed by atoms with Crippen LogP contribution in [0.5, 0.6) is 0 Å². The van der Waals surface area contributed by atoms with E-state index in [0.29, 0.717) is 12.1 Å². The van der Waals surface area contributed by atoms with Gasteiger partial charge in [0.2, 0.25) is 0 Å². The predicted molar refractivity (Wildman–Crippen MR) is 314 cm³/mol. The van der Waals surface area contributed by atoms with Gasteiger partial charge in [0.25, 0.3) is 0 Å². The minimum atomic E-state index is -1.66. The molecule has 1 rings (SSSR count). The molecule has 0 aliphatic rings. The maximum Gasteiger partial charge on any atom is 0.336 e. The van der Waals surface area contributed by atoms with E-state index in [9.17, 15) is 19.2 Å². The normalized spacial score (nSPS) is 10.7. The van der Waals surface area contributed by atoms with Gasteiger partial charge < -0.3 is 20.4 Å². The van der Waals surface area contributed by atoms with Crippen molar-refractivity contribution >= 4 is 103 Å². The number of unbranched alkanes of at least 4 members (excludes halogenated alkanes) is 12. The Morgan fingerprint density at radius 2 is 0.357 bits per heavy atom. The summed E-state index contributed by atoms with van der Waals surface area (Å²) in [6.45, 7) is 28.0. The number of carboxylic acids is 4. The van der Waals surface area contributed by atoms with E-state index >= 15 is 0 Å². The van der Waals surface area contributed by atoms with Gasteiger partial charge in [-0.15, -0.1) is 0 Å². The molecule has 0 saturated heterocycles. The molecule has 0 aromatic heterocycles. The molecule has 0 spiro atoms. The van der Waals surface area contributed by atoms with Gasteiger partial charge in [-0.1, -0.05) is 0 Å². The second kappa shape index (κ2) is 58.6. The molecule has 1 aromatic rings. The fourth-order valence-corrected chi connectivity index (χ4v) is 45.7.